The average molecular weight is 288 g/mol. The Morgan fingerprint density at radius 3 is 2.38 bits per heavy atom. The maximum absolute atomic E-state index is 12.9. The third-order valence-corrected chi connectivity index (χ3v) is 4.96. The van der Waals surface area contributed by atoms with Crippen molar-refractivity contribution in [1.82, 2.24) is 4.90 Å². The first-order chi connectivity index (χ1) is 9.97. The molecule has 0 atom stereocenters. The Morgan fingerprint density at radius 1 is 1.29 bits per heavy atom. The Morgan fingerprint density at radius 2 is 1.86 bits per heavy atom. The van der Waals surface area contributed by atoms with E-state index in [1.54, 1.807) is 0 Å². The van der Waals surface area contributed by atoms with Gasteiger partial charge in [-0.3, -0.25) is 4.79 Å². The molecule has 0 aromatic heterocycles. The summed E-state index contributed by atoms with van der Waals surface area (Å²) in [4.78, 5) is 14.7. The highest BCUT2D eigenvalue weighted by molar-refractivity contribution is 5.83. The van der Waals surface area contributed by atoms with Gasteiger partial charge in [0.25, 0.3) is 0 Å². The highest BCUT2D eigenvalue weighted by Gasteiger charge is 2.41. The van der Waals surface area contributed by atoms with E-state index in [0.717, 1.165) is 31.6 Å². The van der Waals surface area contributed by atoms with Gasteiger partial charge in [0.05, 0.1) is 5.41 Å². The van der Waals surface area contributed by atoms with Crippen molar-refractivity contribution >= 4 is 5.91 Å². The molecule has 1 saturated carbocycles. The Balaban J connectivity index is 2.05. The summed E-state index contributed by atoms with van der Waals surface area (Å²) in [5, 5.41) is 0. The van der Waals surface area contributed by atoms with Gasteiger partial charge >= 0.3 is 0 Å². The van der Waals surface area contributed by atoms with E-state index in [0.29, 0.717) is 13.1 Å². The monoisotopic (exact) mass is 288 g/mol. The molecule has 21 heavy (non-hydrogen) atoms. The van der Waals surface area contributed by atoms with Gasteiger partial charge in [0.15, 0.2) is 0 Å². The highest BCUT2D eigenvalue weighted by Crippen LogP contribution is 2.39. The van der Waals surface area contributed by atoms with E-state index in [4.69, 9.17) is 5.73 Å². The minimum Gasteiger partial charge on any atom is -0.341 e. The molecule has 0 spiro atoms. The van der Waals surface area contributed by atoms with Crippen LogP contribution in [-0.2, 0) is 11.3 Å². The molecular weight excluding hydrogens is 260 g/mol. The van der Waals surface area contributed by atoms with Crippen LogP contribution in [0.2, 0.25) is 0 Å². The highest BCUT2D eigenvalue weighted by atomic mass is 16.2. The van der Waals surface area contributed by atoms with Crippen molar-refractivity contribution in [2.24, 2.45) is 17.1 Å². The number of carbonyl (C=O) groups excluding carboxylic acids is 1. The number of benzene rings is 1. The molecule has 1 fully saturated rings. The number of carbonyl (C=O) groups is 1. The molecule has 3 heteroatoms. The summed E-state index contributed by atoms with van der Waals surface area (Å²) in [5.74, 6) is 0.942. The summed E-state index contributed by atoms with van der Waals surface area (Å²) >= 11 is 0. The summed E-state index contributed by atoms with van der Waals surface area (Å²) in [6.45, 7) is 5.47. The largest absolute Gasteiger partial charge is 0.341 e. The summed E-state index contributed by atoms with van der Waals surface area (Å²) in [5.41, 5.74) is 8.08. The number of rotatable bonds is 4. The fraction of sp³-hybridized carbons (Fsp3) is 0.611. The summed E-state index contributed by atoms with van der Waals surface area (Å²) in [6, 6.07) is 8.37. The summed E-state index contributed by atoms with van der Waals surface area (Å²) in [7, 11) is 1.90. The summed E-state index contributed by atoms with van der Waals surface area (Å²) < 4.78 is 0. The Bertz CT molecular complexity index is 472. The fourth-order valence-corrected chi connectivity index (χ4v) is 3.26. The predicted octanol–water partition coefficient (Wildman–Crippen LogP) is 3.11. The number of amides is 1. The van der Waals surface area contributed by atoms with Crippen molar-refractivity contribution < 1.29 is 4.79 Å². The zero-order valence-corrected chi connectivity index (χ0v) is 13.6. The van der Waals surface area contributed by atoms with Crippen LogP contribution in [0, 0.1) is 18.3 Å². The van der Waals surface area contributed by atoms with Crippen LogP contribution < -0.4 is 5.73 Å². The number of aryl methyl sites for hydroxylation is 1. The van der Waals surface area contributed by atoms with Crippen molar-refractivity contribution in [3.63, 3.8) is 0 Å². The van der Waals surface area contributed by atoms with Gasteiger partial charge in [-0.2, -0.15) is 0 Å². The van der Waals surface area contributed by atoms with Gasteiger partial charge in [-0.1, -0.05) is 36.8 Å². The smallest absolute Gasteiger partial charge is 0.230 e. The molecule has 0 aliphatic heterocycles. The van der Waals surface area contributed by atoms with Crippen LogP contribution in [0.4, 0.5) is 0 Å². The maximum atomic E-state index is 12.9. The number of nitrogens with zero attached hydrogens (tertiary/aromatic N) is 1. The van der Waals surface area contributed by atoms with Crippen LogP contribution in [0.15, 0.2) is 24.3 Å². The summed E-state index contributed by atoms with van der Waals surface area (Å²) in [6.07, 6.45) is 4.09. The minimum absolute atomic E-state index is 0.220. The standard InChI is InChI=1S/C18H28N2O/c1-14-4-6-16(7-5-14)12-20(3)17(21)18(13-19)10-8-15(2)9-11-18/h4-7,15H,8-13,19H2,1-3H3. The van der Waals surface area contributed by atoms with Crippen LogP contribution in [0.5, 0.6) is 0 Å². The van der Waals surface area contributed by atoms with Crippen LogP contribution in [-0.4, -0.2) is 24.4 Å². The van der Waals surface area contributed by atoms with Gasteiger partial charge < -0.3 is 10.6 Å². The molecule has 1 amide bonds. The van der Waals surface area contributed by atoms with Gasteiger partial charge in [-0.05, 0) is 44.1 Å². The lowest BCUT2D eigenvalue weighted by molar-refractivity contribution is -0.143. The molecule has 1 aromatic carbocycles. The van der Waals surface area contributed by atoms with Crippen LogP contribution in [0.25, 0.3) is 0 Å². The first kappa shape index (κ1) is 16.0. The predicted molar refractivity (Wildman–Crippen MR) is 86.8 cm³/mol. The van der Waals surface area contributed by atoms with Gasteiger partial charge in [0, 0.05) is 20.1 Å². The molecule has 1 aliphatic rings. The van der Waals surface area contributed by atoms with E-state index in [2.05, 4.69) is 38.1 Å². The molecule has 1 aliphatic carbocycles. The third kappa shape index (κ3) is 3.65. The van der Waals surface area contributed by atoms with Gasteiger partial charge in [0.2, 0.25) is 5.91 Å². The van der Waals surface area contributed by atoms with Crippen molar-refractivity contribution in [2.75, 3.05) is 13.6 Å². The SMILES string of the molecule is Cc1ccc(CN(C)C(=O)C2(CN)CCC(C)CC2)cc1. The first-order valence-electron chi connectivity index (χ1n) is 7.98. The number of nitrogens with two attached hydrogens (primary N) is 1. The van der Waals surface area contributed by atoms with E-state index in [-0.39, 0.29) is 11.3 Å². The molecule has 2 N–H and O–H groups in total. The molecular formula is C18H28N2O. The molecule has 0 saturated heterocycles. The van der Waals surface area contributed by atoms with Gasteiger partial charge in [-0.25, -0.2) is 0 Å². The second-order valence-electron chi connectivity index (χ2n) is 6.81. The van der Waals surface area contributed by atoms with Gasteiger partial charge in [0.1, 0.15) is 0 Å². The van der Waals surface area contributed by atoms with E-state index in [1.807, 2.05) is 11.9 Å². The molecule has 2 rings (SSSR count). The van der Waals surface area contributed by atoms with Gasteiger partial charge in [-0.15, -0.1) is 0 Å². The molecule has 1 aromatic rings. The molecule has 0 radical (unpaired) electrons. The van der Waals surface area contributed by atoms with Crippen LogP contribution >= 0.6 is 0 Å². The third-order valence-electron chi connectivity index (χ3n) is 4.96. The Kier molecular flexibility index (Phi) is 5.04. The fourth-order valence-electron chi connectivity index (χ4n) is 3.26. The molecule has 0 bridgehead atoms. The van der Waals surface area contributed by atoms with Crippen LogP contribution in [0.1, 0.15) is 43.7 Å². The quantitative estimate of drug-likeness (QED) is 0.925. The van der Waals surface area contributed by atoms with E-state index < -0.39 is 0 Å². The van der Waals surface area contributed by atoms with Crippen molar-refractivity contribution in [3.05, 3.63) is 35.4 Å². The lowest BCUT2D eigenvalue weighted by Gasteiger charge is -2.39. The molecule has 3 nitrogen and oxygen atoms in total. The molecule has 0 heterocycles. The topological polar surface area (TPSA) is 46.3 Å². The zero-order chi connectivity index (χ0) is 15.5. The van der Waals surface area contributed by atoms with E-state index in [1.165, 1.54) is 11.1 Å². The molecule has 116 valence electrons. The Hall–Kier alpha value is -1.35. The maximum Gasteiger partial charge on any atom is 0.230 e. The number of hydrogen-bond donors (Lipinski definition) is 1. The minimum atomic E-state index is -0.327. The van der Waals surface area contributed by atoms with E-state index >= 15 is 0 Å². The molecule has 0 unspecified atom stereocenters. The lowest BCUT2D eigenvalue weighted by Crippen LogP contribution is -2.48. The van der Waals surface area contributed by atoms with Crippen molar-refractivity contribution in [1.29, 1.82) is 0 Å². The second-order valence-corrected chi connectivity index (χ2v) is 6.81. The van der Waals surface area contributed by atoms with Crippen LogP contribution in [0.3, 0.4) is 0 Å². The lowest BCUT2D eigenvalue weighted by atomic mass is 9.70. The second kappa shape index (κ2) is 6.61. The Labute approximate surface area is 128 Å². The van der Waals surface area contributed by atoms with Crippen molar-refractivity contribution in [2.45, 2.75) is 46.1 Å². The zero-order valence-electron chi connectivity index (χ0n) is 13.6. The average Bonchev–Trinajstić information content (AvgIpc) is 2.50. The van der Waals surface area contributed by atoms with E-state index in [9.17, 15) is 4.79 Å². The first-order valence-corrected chi connectivity index (χ1v) is 7.98. The number of hydrogen-bond acceptors (Lipinski definition) is 2. The van der Waals surface area contributed by atoms with Crippen molar-refractivity contribution in [3.8, 4) is 0 Å². The normalized spacial score (nSPS) is 25.6.